The van der Waals surface area contributed by atoms with Gasteiger partial charge in [-0.1, -0.05) is 29.8 Å². The molecule has 2 atom stereocenters. The second-order valence-electron chi connectivity index (χ2n) is 7.61. The van der Waals surface area contributed by atoms with Crippen molar-refractivity contribution in [3.8, 4) is 11.6 Å². The summed E-state index contributed by atoms with van der Waals surface area (Å²) < 4.78 is 5.77. The lowest BCUT2D eigenvalue weighted by Crippen LogP contribution is -2.37. The number of hydrogen-bond donors (Lipinski definition) is 3. The third kappa shape index (κ3) is 5.78. The molecule has 0 amide bonds. The number of carbonyl (C=O) groups is 1. The Morgan fingerprint density at radius 1 is 1.19 bits per heavy atom. The molecule has 0 fully saturated rings. The van der Waals surface area contributed by atoms with Crippen LogP contribution in [-0.4, -0.2) is 33.8 Å². The maximum atomic E-state index is 11.4. The Bertz CT molecular complexity index is 1090. The Hall–Kier alpha value is -2.64. The van der Waals surface area contributed by atoms with Gasteiger partial charge in [-0.15, -0.1) is 12.4 Å². The Kier molecular flexibility index (Phi) is 8.10. The quantitative estimate of drug-likeness (QED) is 0.454. The number of ether oxygens (including phenoxy) is 1. The molecular weight excluding hydrogens is 451 g/mol. The lowest BCUT2D eigenvalue weighted by atomic mass is 9.88. The largest absolute Gasteiger partial charge is 0.477 e. The molecule has 6 nitrogen and oxygen atoms in total. The van der Waals surface area contributed by atoms with E-state index >= 15 is 0 Å². The highest BCUT2D eigenvalue weighted by Crippen LogP contribution is 2.29. The summed E-state index contributed by atoms with van der Waals surface area (Å²) in [4.78, 5) is 15.4. The number of halogens is 2. The highest BCUT2D eigenvalue weighted by molar-refractivity contribution is 6.30. The molecule has 8 heteroatoms. The van der Waals surface area contributed by atoms with E-state index in [0.717, 1.165) is 30.4 Å². The second kappa shape index (κ2) is 10.8. The van der Waals surface area contributed by atoms with Crippen LogP contribution in [0.3, 0.4) is 0 Å². The minimum absolute atomic E-state index is 0. The summed E-state index contributed by atoms with van der Waals surface area (Å²) in [6.07, 6.45) is 3.56. The van der Waals surface area contributed by atoms with Gasteiger partial charge in [0.15, 0.2) is 0 Å². The van der Waals surface area contributed by atoms with Crippen molar-refractivity contribution >= 4 is 30.0 Å². The van der Waals surface area contributed by atoms with Gasteiger partial charge >= 0.3 is 5.97 Å². The Balaban J connectivity index is 0.00000289. The number of benzene rings is 2. The van der Waals surface area contributed by atoms with Crippen LogP contribution in [0.5, 0.6) is 11.6 Å². The van der Waals surface area contributed by atoms with E-state index in [1.54, 1.807) is 18.2 Å². The molecule has 32 heavy (non-hydrogen) atoms. The van der Waals surface area contributed by atoms with E-state index in [9.17, 15) is 15.0 Å². The number of carboxylic acid groups (broad SMARTS) is 1. The number of aryl methyl sites for hydroxylation is 1. The van der Waals surface area contributed by atoms with Gasteiger partial charge in [-0.25, -0.2) is 9.78 Å². The number of aromatic carboxylic acids is 1. The number of nitrogens with one attached hydrogen (secondary N) is 1. The van der Waals surface area contributed by atoms with E-state index < -0.39 is 12.1 Å². The average Bonchev–Trinajstić information content (AvgIpc) is 2.77. The summed E-state index contributed by atoms with van der Waals surface area (Å²) in [5.74, 6) is -0.451. The van der Waals surface area contributed by atoms with Gasteiger partial charge in [-0.2, -0.15) is 0 Å². The van der Waals surface area contributed by atoms with Crippen molar-refractivity contribution < 1.29 is 19.7 Å². The first-order valence-corrected chi connectivity index (χ1v) is 10.5. The van der Waals surface area contributed by atoms with Gasteiger partial charge in [0.1, 0.15) is 11.3 Å². The zero-order valence-corrected chi connectivity index (χ0v) is 18.8. The molecule has 1 aromatic heterocycles. The number of pyridine rings is 1. The standard InChI is InChI=1S/C24H23ClN2O4.ClH/c25-18-4-1-3-16(11-18)22(28)14-27-19-8-6-15-7-9-20(13-17(15)12-19)31-23-21(24(29)30)5-2-10-26-23;/h1-5,7,9-11,13,19,22,27-28H,6,8,12,14H2,(H,29,30);1H/t19-,22+;/m0./s1. The van der Waals surface area contributed by atoms with Gasteiger partial charge in [0, 0.05) is 23.8 Å². The molecular formula is C24H24Cl2N2O4. The number of carboxylic acids is 1. The topological polar surface area (TPSA) is 91.7 Å². The van der Waals surface area contributed by atoms with Crippen LogP contribution in [0.25, 0.3) is 0 Å². The molecule has 1 aliphatic carbocycles. The van der Waals surface area contributed by atoms with Crippen molar-refractivity contribution in [1.82, 2.24) is 10.3 Å². The van der Waals surface area contributed by atoms with Crippen molar-refractivity contribution in [2.24, 2.45) is 0 Å². The third-order valence-corrected chi connectivity index (χ3v) is 5.69. The van der Waals surface area contributed by atoms with Crippen LogP contribution in [0, 0.1) is 0 Å². The normalized spacial score (nSPS) is 15.9. The molecule has 0 spiro atoms. The summed E-state index contributed by atoms with van der Waals surface area (Å²) in [7, 11) is 0. The molecule has 1 aliphatic rings. The summed E-state index contributed by atoms with van der Waals surface area (Å²) >= 11 is 6.01. The molecule has 4 rings (SSSR count). The predicted molar refractivity (Wildman–Crippen MR) is 125 cm³/mol. The maximum absolute atomic E-state index is 11.4. The SMILES string of the molecule is Cl.O=C(O)c1cccnc1Oc1ccc2c(c1)C[C@@H](NC[C@@H](O)c1cccc(Cl)c1)CC2. The molecule has 0 aliphatic heterocycles. The summed E-state index contributed by atoms with van der Waals surface area (Å²) in [6.45, 7) is 0.437. The molecule has 0 saturated carbocycles. The van der Waals surface area contributed by atoms with E-state index in [-0.39, 0.29) is 29.9 Å². The zero-order chi connectivity index (χ0) is 21.8. The summed E-state index contributed by atoms with van der Waals surface area (Å²) in [5.41, 5.74) is 3.21. The van der Waals surface area contributed by atoms with Crippen LogP contribution in [0.2, 0.25) is 5.02 Å². The van der Waals surface area contributed by atoms with Gasteiger partial charge in [-0.05, 0) is 72.4 Å². The molecule has 0 bridgehead atoms. The van der Waals surface area contributed by atoms with Crippen molar-refractivity contribution in [1.29, 1.82) is 0 Å². The van der Waals surface area contributed by atoms with Gasteiger partial charge in [0.05, 0.1) is 6.10 Å². The molecule has 3 aromatic rings. The van der Waals surface area contributed by atoms with Crippen LogP contribution >= 0.6 is 24.0 Å². The van der Waals surface area contributed by atoms with Crippen LogP contribution in [0.15, 0.2) is 60.8 Å². The summed E-state index contributed by atoms with van der Waals surface area (Å²) in [6, 6.07) is 16.3. The predicted octanol–water partition coefficient (Wildman–Crippen LogP) is 4.83. The Labute approximate surface area is 197 Å². The van der Waals surface area contributed by atoms with Gasteiger partial charge < -0.3 is 20.3 Å². The summed E-state index contributed by atoms with van der Waals surface area (Å²) in [5, 5.41) is 23.8. The lowest BCUT2D eigenvalue weighted by molar-refractivity contribution is 0.0693. The Morgan fingerprint density at radius 3 is 2.81 bits per heavy atom. The van der Waals surface area contributed by atoms with Gasteiger partial charge in [-0.3, -0.25) is 0 Å². The number of rotatable bonds is 7. The number of nitrogens with zero attached hydrogens (tertiary/aromatic N) is 1. The molecule has 0 saturated heterocycles. The first-order chi connectivity index (χ1) is 15.0. The fourth-order valence-corrected chi connectivity index (χ4v) is 4.03. The smallest absolute Gasteiger partial charge is 0.341 e. The molecule has 2 aromatic carbocycles. The highest BCUT2D eigenvalue weighted by atomic mass is 35.5. The minimum atomic E-state index is -1.08. The average molecular weight is 475 g/mol. The highest BCUT2D eigenvalue weighted by Gasteiger charge is 2.21. The van der Waals surface area contributed by atoms with E-state index in [0.29, 0.717) is 17.3 Å². The van der Waals surface area contributed by atoms with E-state index in [1.165, 1.54) is 17.8 Å². The van der Waals surface area contributed by atoms with Crippen molar-refractivity contribution in [2.75, 3.05) is 6.54 Å². The second-order valence-corrected chi connectivity index (χ2v) is 8.05. The van der Waals surface area contributed by atoms with Crippen LogP contribution in [0.1, 0.15) is 39.6 Å². The van der Waals surface area contributed by atoms with Crippen molar-refractivity contribution in [3.63, 3.8) is 0 Å². The molecule has 1 heterocycles. The monoisotopic (exact) mass is 474 g/mol. The number of aliphatic hydroxyl groups excluding tert-OH is 1. The number of aromatic nitrogens is 1. The van der Waals surface area contributed by atoms with Gasteiger partial charge in [0.25, 0.3) is 0 Å². The first-order valence-electron chi connectivity index (χ1n) is 10.1. The van der Waals surface area contributed by atoms with E-state index in [2.05, 4.69) is 10.3 Å². The van der Waals surface area contributed by atoms with Gasteiger partial charge in [0.2, 0.25) is 5.88 Å². The number of hydrogen-bond acceptors (Lipinski definition) is 5. The van der Waals surface area contributed by atoms with Crippen molar-refractivity contribution in [2.45, 2.75) is 31.4 Å². The first kappa shape index (κ1) is 24.0. The third-order valence-electron chi connectivity index (χ3n) is 5.46. The van der Waals surface area contributed by atoms with Crippen LogP contribution in [0.4, 0.5) is 0 Å². The maximum Gasteiger partial charge on any atom is 0.341 e. The minimum Gasteiger partial charge on any atom is -0.477 e. The number of fused-ring (bicyclic) bond motifs is 1. The van der Waals surface area contributed by atoms with Crippen LogP contribution in [-0.2, 0) is 12.8 Å². The van der Waals surface area contributed by atoms with Crippen LogP contribution < -0.4 is 10.1 Å². The fourth-order valence-electron chi connectivity index (χ4n) is 3.83. The Morgan fingerprint density at radius 2 is 2.03 bits per heavy atom. The molecule has 168 valence electrons. The lowest BCUT2D eigenvalue weighted by Gasteiger charge is -2.27. The van der Waals surface area contributed by atoms with E-state index in [1.807, 2.05) is 30.3 Å². The molecule has 0 radical (unpaired) electrons. The fraction of sp³-hybridized carbons (Fsp3) is 0.250. The molecule has 3 N–H and O–H groups in total. The van der Waals surface area contributed by atoms with Crippen molar-refractivity contribution in [3.05, 3.63) is 88.1 Å². The number of aliphatic hydroxyl groups is 1. The molecule has 0 unspecified atom stereocenters. The zero-order valence-electron chi connectivity index (χ0n) is 17.2. The van der Waals surface area contributed by atoms with E-state index in [4.69, 9.17) is 16.3 Å².